The van der Waals surface area contributed by atoms with Crippen LogP contribution in [-0.2, 0) is 13.1 Å². The molecule has 0 saturated heterocycles. The molecule has 8 nitrogen and oxygen atoms in total. The topological polar surface area (TPSA) is 78.2 Å². The van der Waals surface area contributed by atoms with E-state index in [2.05, 4.69) is 34.4 Å². The molecule has 4 aromatic heterocycles. The second-order valence-electron chi connectivity index (χ2n) is 6.22. The van der Waals surface area contributed by atoms with Crippen molar-refractivity contribution in [2.45, 2.75) is 26.9 Å². The number of hydrogen-bond acceptors (Lipinski definition) is 5. The third-order valence-electron chi connectivity index (χ3n) is 4.71. The third-order valence-corrected chi connectivity index (χ3v) is 4.71. The lowest BCUT2D eigenvalue weighted by molar-refractivity contribution is 0.656. The molecule has 134 valence electrons. The van der Waals surface area contributed by atoms with Gasteiger partial charge < -0.3 is 0 Å². The molecule has 0 atom stereocenters. The van der Waals surface area contributed by atoms with Crippen LogP contribution in [0.15, 0.2) is 53.9 Å². The predicted octanol–water partition coefficient (Wildman–Crippen LogP) is 2.70. The van der Waals surface area contributed by atoms with Crippen molar-refractivity contribution < 1.29 is 0 Å². The van der Waals surface area contributed by atoms with E-state index in [1.807, 2.05) is 46.9 Å². The number of nitrogens with zero attached hydrogens (tertiary/aromatic N) is 8. The van der Waals surface area contributed by atoms with Crippen molar-refractivity contribution in [1.29, 1.82) is 0 Å². The Balaban J connectivity index is 1.99. The zero-order valence-corrected chi connectivity index (χ0v) is 15.1. The molecule has 0 aliphatic heterocycles. The van der Waals surface area contributed by atoms with Gasteiger partial charge in [0.15, 0.2) is 11.5 Å². The molecule has 0 radical (unpaired) electrons. The van der Waals surface area contributed by atoms with Crippen LogP contribution in [0.3, 0.4) is 0 Å². The summed E-state index contributed by atoms with van der Waals surface area (Å²) in [7, 11) is 0. The first-order valence-corrected chi connectivity index (χ1v) is 8.99. The van der Waals surface area contributed by atoms with Gasteiger partial charge >= 0.3 is 0 Å². The van der Waals surface area contributed by atoms with Crippen molar-refractivity contribution in [1.82, 2.24) is 34.2 Å². The molecule has 0 N–H and O–H groups in total. The molecule has 8 heteroatoms. The van der Waals surface area contributed by atoms with E-state index >= 15 is 0 Å². The monoisotopic (exact) mass is 358 g/mol. The molecule has 5 rings (SSSR count). The van der Waals surface area contributed by atoms with Gasteiger partial charge in [-0.25, -0.2) is 9.36 Å². The zero-order valence-electron chi connectivity index (χ0n) is 15.1. The fraction of sp³-hybridized carbons (Fsp3) is 0.211. The Labute approximate surface area is 154 Å². The highest BCUT2D eigenvalue weighted by atomic mass is 15.3. The van der Waals surface area contributed by atoms with Gasteiger partial charge in [-0.2, -0.15) is 29.8 Å². The van der Waals surface area contributed by atoms with E-state index in [4.69, 9.17) is 9.98 Å². The molecule has 5 aromatic rings. The largest absolute Gasteiger partial charge is 0.255 e. The van der Waals surface area contributed by atoms with Crippen LogP contribution in [0.25, 0.3) is 27.3 Å². The van der Waals surface area contributed by atoms with E-state index in [0.717, 1.165) is 46.2 Å². The highest BCUT2D eigenvalue weighted by Gasteiger charge is 2.13. The normalized spacial score (nSPS) is 12.6. The number of rotatable bonds is 3. The minimum Gasteiger partial charge on any atom is -0.248 e. The fourth-order valence-corrected chi connectivity index (χ4v) is 3.40. The summed E-state index contributed by atoms with van der Waals surface area (Å²) in [5.74, 6) is 0.746. The molecule has 0 saturated carbocycles. The van der Waals surface area contributed by atoms with E-state index < -0.39 is 0 Å². The van der Waals surface area contributed by atoms with Gasteiger partial charge in [0.05, 0.1) is 29.5 Å². The summed E-state index contributed by atoms with van der Waals surface area (Å²) in [6, 6.07) is 10.1. The second kappa shape index (κ2) is 6.01. The Kier molecular flexibility index (Phi) is 3.49. The number of fused-ring (bicyclic) bond motifs is 5. The molecule has 27 heavy (non-hydrogen) atoms. The van der Waals surface area contributed by atoms with Crippen LogP contribution in [0.1, 0.15) is 13.8 Å². The third kappa shape index (κ3) is 2.33. The lowest BCUT2D eigenvalue weighted by Gasteiger charge is -2.07. The van der Waals surface area contributed by atoms with Crippen LogP contribution < -0.4 is 5.62 Å². The summed E-state index contributed by atoms with van der Waals surface area (Å²) in [4.78, 5) is 9.55. The highest BCUT2D eigenvalue weighted by Crippen LogP contribution is 2.24. The summed E-state index contributed by atoms with van der Waals surface area (Å²) in [5.41, 5.74) is 2.27. The van der Waals surface area contributed by atoms with Crippen LogP contribution >= 0.6 is 0 Å². The molecule has 0 spiro atoms. The number of hydrogen-bond donors (Lipinski definition) is 0. The standard InChI is InChI=1S/C19H18N8/c1-3-25-16(9-10-20-25)23-19-24-18-15(12-21-26(18)4-2)17-14-8-6-5-7-13(14)11-22-27(17)19/h5-12H,3-4H2,1-2H3/b23-19+. The first kappa shape index (κ1) is 15.7. The molecule has 0 fully saturated rings. The number of aryl methyl sites for hydroxylation is 2. The van der Waals surface area contributed by atoms with Crippen LogP contribution in [-0.4, -0.2) is 34.2 Å². The Morgan fingerprint density at radius 1 is 0.889 bits per heavy atom. The molecular formula is C19H18N8. The smallest absolute Gasteiger partial charge is 0.248 e. The Morgan fingerprint density at radius 3 is 2.59 bits per heavy atom. The summed E-state index contributed by atoms with van der Waals surface area (Å²) in [6.45, 7) is 5.55. The average molecular weight is 358 g/mol. The van der Waals surface area contributed by atoms with Crippen molar-refractivity contribution in [3.05, 3.63) is 54.5 Å². The minimum absolute atomic E-state index is 0.508. The summed E-state index contributed by atoms with van der Waals surface area (Å²) in [6.07, 6.45) is 5.44. The lowest BCUT2D eigenvalue weighted by Crippen LogP contribution is -2.22. The molecule has 0 bridgehead atoms. The number of benzene rings is 1. The first-order valence-electron chi connectivity index (χ1n) is 8.99. The second-order valence-corrected chi connectivity index (χ2v) is 6.22. The fourth-order valence-electron chi connectivity index (χ4n) is 3.40. The van der Waals surface area contributed by atoms with Gasteiger partial charge in [-0.15, -0.1) is 0 Å². The van der Waals surface area contributed by atoms with Gasteiger partial charge in [-0.3, -0.25) is 0 Å². The van der Waals surface area contributed by atoms with Gasteiger partial charge in [0.2, 0.25) is 0 Å². The Hall–Kier alpha value is -3.55. The molecular weight excluding hydrogens is 340 g/mol. The van der Waals surface area contributed by atoms with E-state index in [1.54, 1.807) is 10.7 Å². The summed E-state index contributed by atoms with van der Waals surface area (Å²) >= 11 is 0. The maximum absolute atomic E-state index is 4.78. The van der Waals surface area contributed by atoms with Gasteiger partial charge in [0.1, 0.15) is 0 Å². The Bertz CT molecular complexity index is 1350. The van der Waals surface area contributed by atoms with E-state index in [-0.39, 0.29) is 0 Å². The quantitative estimate of drug-likeness (QED) is 0.465. The predicted molar refractivity (Wildman–Crippen MR) is 103 cm³/mol. The van der Waals surface area contributed by atoms with Crippen LogP contribution in [0.4, 0.5) is 5.82 Å². The minimum atomic E-state index is 0.508. The van der Waals surface area contributed by atoms with Crippen molar-refractivity contribution >= 4 is 33.1 Å². The molecule has 4 heterocycles. The molecule has 0 aliphatic carbocycles. The van der Waals surface area contributed by atoms with Crippen LogP contribution in [0.5, 0.6) is 0 Å². The van der Waals surface area contributed by atoms with Gasteiger partial charge in [-0.1, -0.05) is 24.3 Å². The van der Waals surface area contributed by atoms with Crippen LogP contribution in [0.2, 0.25) is 0 Å². The highest BCUT2D eigenvalue weighted by molar-refractivity contribution is 6.07. The number of aromatic nitrogens is 7. The molecule has 1 aromatic carbocycles. The van der Waals surface area contributed by atoms with Crippen molar-refractivity contribution in [2.75, 3.05) is 0 Å². The maximum atomic E-state index is 4.78. The zero-order chi connectivity index (χ0) is 18.4. The SMILES string of the molecule is CCn1nccc1/N=c1\nc2c(cnn2CC)c2c3ccccc3cnn12. The van der Waals surface area contributed by atoms with Crippen molar-refractivity contribution in [3.8, 4) is 0 Å². The maximum Gasteiger partial charge on any atom is 0.255 e. The lowest BCUT2D eigenvalue weighted by atomic mass is 10.1. The van der Waals surface area contributed by atoms with Crippen LogP contribution in [0, 0.1) is 0 Å². The molecule has 0 amide bonds. The molecule has 0 unspecified atom stereocenters. The summed E-state index contributed by atoms with van der Waals surface area (Å²) < 4.78 is 5.50. The van der Waals surface area contributed by atoms with Gasteiger partial charge in [0.25, 0.3) is 5.62 Å². The van der Waals surface area contributed by atoms with Gasteiger partial charge in [-0.05, 0) is 13.8 Å². The first-order chi connectivity index (χ1) is 13.3. The van der Waals surface area contributed by atoms with Crippen molar-refractivity contribution in [2.24, 2.45) is 4.99 Å². The van der Waals surface area contributed by atoms with E-state index in [1.165, 1.54) is 0 Å². The van der Waals surface area contributed by atoms with E-state index in [0.29, 0.717) is 5.62 Å². The Morgan fingerprint density at radius 2 is 1.74 bits per heavy atom. The summed E-state index contributed by atoms with van der Waals surface area (Å²) in [5, 5.41) is 16.5. The van der Waals surface area contributed by atoms with Crippen molar-refractivity contribution in [3.63, 3.8) is 0 Å². The average Bonchev–Trinajstić information content (AvgIpc) is 3.33. The van der Waals surface area contributed by atoms with Gasteiger partial charge in [0, 0.05) is 29.9 Å². The molecule has 0 aliphatic rings. The van der Waals surface area contributed by atoms with E-state index in [9.17, 15) is 0 Å².